The lowest BCUT2D eigenvalue weighted by Crippen LogP contribution is -2.32. The van der Waals surface area contributed by atoms with E-state index in [2.05, 4.69) is 5.11 Å². The predicted octanol–water partition coefficient (Wildman–Crippen LogP) is -0.650. The Labute approximate surface area is 60.4 Å². The van der Waals surface area contributed by atoms with Gasteiger partial charge in [0.05, 0.1) is 0 Å². The van der Waals surface area contributed by atoms with Crippen molar-refractivity contribution in [3.05, 3.63) is 0 Å². The number of carboxylic acids is 1. The van der Waals surface area contributed by atoms with Gasteiger partial charge in [-0.25, -0.2) is 4.79 Å². The molecule has 0 aromatic carbocycles. The first-order chi connectivity index (χ1) is 6.67. The predicted molar refractivity (Wildman–Crippen MR) is 28.8 cm³/mol. The number of aliphatic carboxylic acids is 1. The minimum absolute atomic E-state index is 0.128. The zero-order valence-electron chi connectivity index (χ0n) is 10.2. The van der Waals surface area contributed by atoms with Crippen LogP contribution in [-0.4, -0.2) is 23.0 Å². The highest BCUT2D eigenvalue weighted by molar-refractivity contribution is 5.87. The molecule has 1 heterocycles. The van der Waals surface area contributed by atoms with Crippen LogP contribution in [0.3, 0.4) is 0 Å². The van der Waals surface area contributed by atoms with Gasteiger partial charge in [0.25, 0.3) is 1.43 Å². The summed E-state index contributed by atoms with van der Waals surface area (Å²) >= 11 is 0. The maximum atomic E-state index is 11.1. The van der Waals surface area contributed by atoms with E-state index in [1.54, 1.807) is 0 Å². The fourth-order valence-electron chi connectivity index (χ4n) is 0.424. The molecule has 0 saturated carbocycles. The van der Waals surface area contributed by atoms with E-state index in [-0.39, 0.29) is 5.31 Å². The Kier molecular flexibility index (Phi) is 0.447. The molecular weight excluding hydrogens is 122 g/mol. The van der Waals surface area contributed by atoms with Gasteiger partial charge in [0.2, 0.25) is 5.91 Å². The lowest BCUT2D eigenvalue weighted by atomic mass is 10.2. The van der Waals surface area contributed by atoms with Crippen molar-refractivity contribution >= 4 is 11.9 Å². The summed E-state index contributed by atoms with van der Waals surface area (Å²) < 4.78 is 42.1. The van der Waals surface area contributed by atoms with E-state index in [0.717, 1.165) is 0 Å². The van der Waals surface area contributed by atoms with Crippen LogP contribution in [0, 0.1) is 0 Å². The normalized spacial score (nSPS) is 47.3. The number of carbonyl (C=O) groups is 2. The van der Waals surface area contributed by atoms with Crippen molar-refractivity contribution in [2.45, 2.75) is 18.8 Å². The molecule has 9 heavy (non-hydrogen) atoms. The molecule has 1 atom stereocenters. The molecule has 0 aliphatic carbocycles. The van der Waals surface area contributed by atoms with E-state index in [4.69, 9.17) is 8.33 Å². The average Bonchev–Trinajstić information content (AvgIpc) is 2.25. The van der Waals surface area contributed by atoms with Gasteiger partial charge in [-0.15, -0.1) is 0 Å². The van der Waals surface area contributed by atoms with E-state index in [0.29, 0.717) is 0 Å². The molecule has 1 fully saturated rings. The van der Waals surface area contributed by atoms with Gasteiger partial charge in [0, 0.05) is 11.9 Å². The molecule has 4 heteroatoms. The van der Waals surface area contributed by atoms with E-state index in [9.17, 15) is 9.59 Å². The van der Waals surface area contributed by atoms with Crippen LogP contribution in [0.2, 0.25) is 1.41 Å². The molecular formula is C5H7NO3. The fraction of sp³-hybridized carbons (Fsp3) is 0.600. The Morgan fingerprint density at radius 2 is 3.00 bits per heavy atom. The summed E-state index contributed by atoms with van der Waals surface area (Å²) in [4.78, 5) is 22.1. The van der Waals surface area contributed by atoms with Crippen LogP contribution in [0.5, 0.6) is 0 Å². The monoisotopic (exact) mass is 135 g/mol. The summed E-state index contributed by atoms with van der Waals surface area (Å²) in [6, 6.07) is -2.06. The summed E-state index contributed by atoms with van der Waals surface area (Å²) in [5.41, 5.74) is 0. The molecule has 50 valence electrons. The molecule has 0 aromatic rings. The number of hydrogen-bond acceptors (Lipinski definition) is 3. The first-order valence-electron chi connectivity index (χ1n) is 5.03. The lowest BCUT2D eigenvalue weighted by Gasteiger charge is -1.99. The number of hydrogen-bond donors (Lipinski definition) is 2. The summed E-state index contributed by atoms with van der Waals surface area (Å²) in [5, 5.41) is 3.34. The highest BCUT2D eigenvalue weighted by Gasteiger charge is 2.26. The highest BCUT2D eigenvalue weighted by Crippen LogP contribution is 2.05. The van der Waals surface area contributed by atoms with Gasteiger partial charge < -0.3 is 10.4 Å². The third-order valence-corrected chi connectivity index (χ3v) is 0.785. The van der Waals surface area contributed by atoms with Crippen LogP contribution in [0.15, 0.2) is 0 Å². The van der Waals surface area contributed by atoms with Crippen molar-refractivity contribution in [3.8, 4) is 0 Å². The van der Waals surface area contributed by atoms with Gasteiger partial charge in [0.1, 0.15) is 6.04 Å². The molecule has 0 bridgehead atoms. The van der Waals surface area contributed by atoms with E-state index in [1.807, 2.05) is 0 Å². The Balaban J connectivity index is 3.21. The number of carbonyl (C=O) groups excluding carboxylic acids is 1. The van der Waals surface area contributed by atoms with Gasteiger partial charge in [-0.2, -0.15) is 0 Å². The van der Waals surface area contributed by atoms with Gasteiger partial charge in [-0.3, -0.25) is 4.79 Å². The quantitative estimate of drug-likeness (QED) is 0.502. The molecule has 0 radical (unpaired) electrons. The standard InChI is InChI=1S/C5H7NO3/c7-4-2-1-3(6-4)5(8)9/h3H,1-2H2,(H,6,7)(H,8,9)/i1D2,2D2/hD2. The number of amides is 1. The van der Waals surface area contributed by atoms with Crippen LogP contribution in [0.25, 0.3) is 1.43 Å². The first-order valence-corrected chi connectivity index (χ1v) is 2.17. The highest BCUT2D eigenvalue weighted by atomic mass is 16.4. The molecule has 1 saturated heterocycles. The molecule has 1 rings (SSSR count). The second kappa shape index (κ2) is 2.05. The molecule has 4 nitrogen and oxygen atoms in total. The summed E-state index contributed by atoms with van der Waals surface area (Å²) in [7, 11) is 0. The Morgan fingerprint density at radius 3 is 3.44 bits per heavy atom. The van der Waals surface area contributed by atoms with Crippen LogP contribution < -0.4 is 5.31 Å². The maximum Gasteiger partial charge on any atom is 0.326 e. The Morgan fingerprint density at radius 1 is 2.22 bits per heavy atom. The Hall–Kier alpha value is -1.06. The van der Waals surface area contributed by atoms with Crippen molar-refractivity contribution in [2.75, 3.05) is 0 Å². The molecule has 0 aromatic heterocycles. The molecule has 1 unspecified atom stereocenters. The van der Waals surface area contributed by atoms with E-state index < -0.39 is 30.7 Å². The van der Waals surface area contributed by atoms with Crippen molar-refractivity contribution in [1.82, 2.24) is 5.31 Å². The minimum atomic E-state index is -2.98. The molecule has 0 spiro atoms. The SMILES string of the molecule is [2H]OC(=O)C1N([2H])C(=O)C([2H])([2H])C1([2H])[2H]. The third-order valence-electron chi connectivity index (χ3n) is 0.785. The largest absolute Gasteiger partial charge is 0.480 e. The third kappa shape index (κ3) is 1.19. The lowest BCUT2D eigenvalue weighted by molar-refractivity contribution is -0.140. The molecule has 1 aliphatic rings. The molecule has 2 N–H and O–H groups in total. The van der Waals surface area contributed by atoms with Crippen LogP contribution in [0.1, 0.15) is 18.2 Å². The van der Waals surface area contributed by atoms with Crippen molar-refractivity contribution in [1.29, 1.82) is 1.43 Å². The second-order valence-corrected chi connectivity index (χ2v) is 1.43. The smallest absolute Gasteiger partial charge is 0.326 e. The van der Waals surface area contributed by atoms with Gasteiger partial charge in [-0.1, -0.05) is 0 Å². The van der Waals surface area contributed by atoms with Gasteiger partial charge in [0.15, 0.2) is 1.41 Å². The maximum absolute atomic E-state index is 11.1. The minimum Gasteiger partial charge on any atom is -0.480 e. The van der Waals surface area contributed by atoms with Crippen LogP contribution in [-0.2, 0) is 9.59 Å². The van der Waals surface area contributed by atoms with Crippen molar-refractivity contribution < 1.29 is 21.6 Å². The molecule has 1 amide bonds. The summed E-state index contributed by atoms with van der Waals surface area (Å²) in [6.07, 6.45) is -5.88. The van der Waals surface area contributed by atoms with Crippen molar-refractivity contribution in [3.63, 3.8) is 0 Å². The average molecular weight is 135 g/mol. The number of rotatable bonds is 1. The Bertz CT molecular complexity index is 318. The zero-order valence-corrected chi connectivity index (χ0v) is 4.25. The summed E-state index contributed by atoms with van der Waals surface area (Å²) in [6.45, 7) is 0. The summed E-state index contributed by atoms with van der Waals surface area (Å²) in [5.74, 6) is -2.95. The zero-order chi connectivity index (χ0) is 12.0. The van der Waals surface area contributed by atoms with Gasteiger partial charge >= 0.3 is 5.97 Å². The topological polar surface area (TPSA) is 66.4 Å². The molecule has 1 aliphatic heterocycles. The first kappa shape index (κ1) is 1.97. The number of carboxylic acid groups (broad SMARTS) is 1. The van der Waals surface area contributed by atoms with Crippen molar-refractivity contribution in [2.24, 2.45) is 0 Å². The van der Waals surface area contributed by atoms with E-state index in [1.165, 1.54) is 0 Å². The second-order valence-electron chi connectivity index (χ2n) is 1.43. The van der Waals surface area contributed by atoms with Gasteiger partial charge in [-0.05, 0) is 6.37 Å². The van der Waals surface area contributed by atoms with Crippen LogP contribution >= 0.6 is 0 Å². The van der Waals surface area contributed by atoms with Crippen LogP contribution in [0.4, 0.5) is 0 Å². The van der Waals surface area contributed by atoms with E-state index >= 15 is 0 Å². The number of nitrogens with one attached hydrogen (secondary N) is 1. The fourth-order valence-corrected chi connectivity index (χ4v) is 0.424.